The van der Waals surface area contributed by atoms with Crippen molar-refractivity contribution < 1.29 is 0 Å². The Morgan fingerprint density at radius 2 is 2.31 bits per heavy atom. The van der Waals surface area contributed by atoms with E-state index in [0.29, 0.717) is 16.2 Å². The molecular formula is C10H12BrClN4. The number of aromatic nitrogens is 2. The number of hydrogen-bond acceptors (Lipinski definition) is 4. The third kappa shape index (κ3) is 3.06. The second-order valence-electron chi connectivity index (χ2n) is 3.37. The minimum atomic E-state index is -0.0550. The molecule has 0 saturated heterocycles. The van der Waals surface area contributed by atoms with Crippen molar-refractivity contribution in [2.75, 3.05) is 18.0 Å². The molecule has 4 nitrogen and oxygen atoms in total. The Morgan fingerprint density at radius 1 is 1.62 bits per heavy atom. The van der Waals surface area contributed by atoms with Gasteiger partial charge in [0.15, 0.2) is 0 Å². The van der Waals surface area contributed by atoms with Crippen molar-refractivity contribution in [2.24, 2.45) is 5.92 Å². The van der Waals surface area contributed by atoms with E-state index in [0.717, 1.165) is 12.4 Å². The van der Waals surface area contributed by atoms with Gasteiger partial charge in [-0.25, -0.2) is 9.97 Å². The maximum absolute atomic E-state index is 8.80. The summed E-state index contributed by atoms with van der Waals surface area (Å²) in [7, 11) is 0. The highest BCUT2D eigenvalue weighted by Gasteiger charge is 2.15. The van der Waals surface area contributed by atoms with Gasteiger partial charge in [0.2, 0.25) is 0 Å². The lowest BCUT2D eigenvalue weighted by Crippen LogP contribution is -2.29. The van der Waals surface area contributed by atoms with Gasteiger partial charge in [0, 0.05) is 13.1 Å². The molecule has 0 amide bonds. The van der Waals surface area contributed by atoms with E-state index in [2.05, 4.69) is 32.0 Å². The minimum Gasteiger partial charge on any atom is -0.355 e. The molecule has 1 atom stereocenters. The molecule has 16 heavy (non-hydrogen) atoms. The maximum atomic E-state index is 8.80. The maximum Gasteiger partial charge on any atom is 0.148 e. The molecule has 0 aliphatic rings. The fourth-order valence-electron chi connectivity index (χ4n) is 1.30. The first-order chi connectivity index (χ1) is 7.60. The lowest BCUT2D eigenvalue weighted by atomic mass is 10.2. The molecule has 0 aliphatic carbocycles. The molecule has 1 rings (SSSR count). The molecule has 86 valence electrons. The standard InChI is InChI=1S/C10H12BrClN4/c1-3-16(5-7(2)4-13)10-8(11)9(12)14-6-15-10/h6-7H,3,5H2,1-2H3. The average Bonchev–Trinajstić information content (AvgIpc) is 2.29. The second kappa shape index (κ2) is 6.02. The predicted molar refractivity (Wildman–Crippen MR) is 67.4 cm³/mol. The number of hydrogen-bond donors (Lipinski definition) is 0. The quantitative estimate of drug-likeness (QED) is 0.803. The van der Waals surface area contributed by atoms with Crippen molar-refractivity contribution in [2.45, 2.75) is 13.8 Å². The van der Waals surface area contributed by atoms with Crippen LogP contribution in [0, 0.1) is 17.2 Å². The van der Waals surface area contributed by atoms with E-state index in [-0.39, 0.29) is 5.92 Å². The van der Waals surface area contributed by atoms with E-state index in [1.54, 1.807) is 0 Å². The molecule has 0 fully saturated rings. The van der Waals surface area contributed by atoms with E-state index in [9.17, 15) is 0 Å². The van der Waals surface area contributed by atoms with Gasteiger partial charge in [-0.1, -0.05) is 11.6 Å². The number of nitrogens with zero attached hydrogens (tertiary/aromatic N) is 4. The minimum absolute atomic E-state index is 0.0550. The topological polar surface area (TPSA) is 52.8 Å². The average molecular weight is 304 g/mol. The Labute approximate surface area is 108 Å². The van der Waals surface area contributed by atoms with Gasteiger partial charge >= 0.3 is 0 Å². The van der Waals surface area contributed by atoms with Gasteiger partial charge in [-0.2, -0.15) is 5.26 Å². The number of anilines is 1. The van der Waals surface area contributed by atoms with E-state index in [4.69, 9.17) is 16.9 Å². The highest BCUT2D eigenvalue weighted by atomic mass is 79.9. The SMILES string of the molecule is CCN(CC(C)C#N)c1ncnc(Cl)c1Br. The third-order valence-electron chi connectivity index (χ3n) is 2.12. The monoisotopic (exact) mass is 302 g/mol. The summed E-state index contributed by atoms with van der Waals surface area (Å²) < 4.78 is 0.670. The molecule has 1 aromatic rings. The lowest BCUT2D eigenvalue weighted by Gasteiger charge is -2.23. The van der Waals surface area contributed by atoms with E-state index in [1.165, 1.54) is 6.33 Å². The Balaban J connectivity index is 2.96. The van der Waals surface area contributed by atoms with Crippen molar-refractivity contribution in [1.82, 2.24) is 9.97 Å². The van der Waals surface area contributed by atoms with Gasteiger partial charge in [0.25, 0.3) is 0 Å². The van der Waals surface area contributed by atoms with Crippen LogP contribution in [0.5, 0.6) is 0 Å². The van der Waals surface area contributed by atoms with Gasteiger partial charge in [-0.3, -0.25) is 0 Å². The highest BCUT2D eigenvalue weighted by Crippen LogP contribution is 2.29. The van der Waals surface area contributed by atoms with Crippen molar-refractivity contribution in [3.05, 3.63) is 16.0 Å². The summed E-state index contributed by atoms with van der Waals surface area (Å²) in [5.41, 5.74) is 0. The molecule has 0 aromatic carbocycles. The van der Waals surface area contributed by atoms with E-state index in [1.807, 2.05) is 18.7 Å². The summed E-state index contributed by atoms with van der Waals surface area (Å²) in [6.45, 7) is 5.27. The Bertz CT molecular complexity index is 404. The molecule has 1 heterocycles. The van der Waals surface area contributed by atoms with Crippen LogP contribution in [0.15, 0.2) is 10.8 Å². The Hall–Kier alpha value is -0.860. The summed E-state index contributed by atoms with van der Waals surface area (Å²) >= 11 is 9.25. The van der Waals surface area contributed by atoms with Crippen LogP contribution in [0.2, 0.25) is 5.15 Å². The molecule has 0 N–H and O–H groups in total. The highest BCUT2D eigenvalue weighted by molar-refractivity contribution is 9.10. The first-order valence-corrected chi connectivity index (χ1v) is 6.07. The van der Waals surface area contributed by atoms with Crippen LogP contribution in [0.25, 0.3) is 0 Å². The fourth-order valence-corrected chi connectivity index (χ4v) is 1.88. The first kappa shape index (κ1) is 13.2. The number of rotatable bonds is 4. The summed E-state index contributed by atoms with van der Waals surface area (Å²) in [6.07, 6.45) is 1.42. The van der Waals surface area contributed by atoms with E-state index >= 15 is 0 Å². The zero-order valence-corrected chi connectivity index (χ0v) is 11.5. The molecule has 0 aliphatic heterocycles. The number of nitriles is 1. The summed E-state index contributed by atoms with van der Waals surface area (Å²) in [5, 5.41) is 9.19. The largest absolute Gasteiger partial charge is 0.355 e. The van der Waals surface area contributed by atoms with Gasteiger partial charge in [-0.15, -0.1) is 0 Å². The zero-order chi connectivity index (χ0) is 12.1. The molecule has 6 heteroatoms. The Morgan fingerprint density at radius 3 is 2.88 bits per heavy atom. The molecule has 0 saturated carbocycles. The fraction of sp³-hybridized carbons (Fsp3) is 0.500. The van der Waals surface area contributed by atoms with Crippen molar-refractivity contribution in [1.29, 1.82) is 5.26 Å². The van der Waals surface area contributed by atoms with Crippen molar-refractivity contribution in [3.63, 3.8) is 0 Å². The first-order valence-electron chi connectivity index (χ1n) is 4.90. The third-order valence-corrected chi connectivity index (χ3v) is 3.37. The van der Waals surface area contributed by atoms with E-state index < -0.39 is 0 Å². The summed E-state index contributed by atoms with van der Waals surface area (Å²) in [6, 6.07) is 2.20. The second-order valence-corrected chi connectivity index (χ2v) is 4.52. The van der Waals surface area contributed by atoms with Crippen LogP contribution < -0.4 is 4.90 Å². The van der Waals surface area contributed by atoms with Crippen molar-refractivity contribution in [3.8, 4) is 6.07 Å². The molecule has 0 spiro atoms. The zero-order valence-electron chi connectivity index (χ0n) is 9.11. The Kier molecular flexibility index (Phi) is 4.97. The van der Waals surface area contributed by atoms with Crippen LogP contribution in [0.3, 0.4) is 0 Å². The van der Waals surface area contributed by atoms with Crippen LogP contribution >= 0.6 is 27.5 Å². The molecular weight excluding hydrogens is 291 g/mol. The summed E-state index contributed by atoms with van der Waals surface area (Å²) in [4.78, 5) is 10.0. The van der Waals surface area contributed by atoms with Gasteiger partial charge in [0.05, 0.1) is 16.5 Å². The van der Waals surface area contributed by atoms with Crippen molar-refractivity contribution >= 4 is 33.3 Å². The van der Waals surface area contributed by atoms with Crippen LogP contribution in [-0.2, 0) is 0 Å². The summed E-state index contributed by atoms with van der Waals surface area (Å²) in [5.74, 6) is 0.671. The molecule has 0 radical (unpaired) electrons. The lowest BCUT2D eigenvalue weighted by molar-refractivity contribution is 0.677. The smallest absolute Gasteiger partial charge is 0.148 e. The van der Waals surface area contributed by atoms with Gasteiger partial charge in [-0.05, 0) is 29.8 Å². The molecule has 0 bridgehead atoms. The number of halogens is 2. The molecule has 1 unspecified atom stereocenters. The molecule has 1 aromatic heterocycles. The van der Waals surface area contributed by atoms with Crippen LogP contribution in [0.4, 0.5) is 5.82 Å². The van der Waals surface area contributed by atoms with Gasteiger partial charge < -0.3 is 4.90 Å². The van der Waals surface area contributed by atoms with Crippen LogP contribution in [-0.4, -0.2) is 23.1 Å². The van der Waals surface area contributed by atoms with Gasteiger partial charge in [0.1, 0.15) is 17.3 Å². The van der Waals surface area contributed by atoms with Crippen LogP contribution in [0.1, 0.15) is 13.8 Å². The predicted octanol–water partition coefficient (Wildman–Crippen LogP) is 2.88. The normalized spacial score (nSPS) is 11.9.